The number of allylic oxidation sites excluding steroid dienone is 1. The van der Waals surface area contributed by atoms with Gasteiger partial charge in [-0.1, -0.05) is 42.5 Å². The highest BCUT2D eigenvalue weighted by Crippen LogP contribution is 2.13. The lowest BCUT2D eigenvalue weighted by atomic mass is 10.0. The Labute approximate surface area is 114 Å². The molecule has 0 aliphatic carbocycles. The standard InChI is InChI=1S/C16H22O3/c1-3-19-15(17)13-16(2,18)12-8-7-11-14-9-5-4-6-10-14/h4-6,8-10,12,18H,3,7,11,13H2,1-2H3/b12-8+. The summed E-state index contributed by atoms with van der Waals surface area (Å²) in [5, 5.41) is 10.0. The quantitative estimate of drug-likeness (QED) is 0.607. The van der Waals surface area contributed by atoms with Crippen molar-refractivity contribution in [3.05, 3.63) is 48.0 Å². The number of aryl methyl sites for hydroxylation is 1. The van der Waals surface area contributed by atoms with Crippen LogP contribution in [0.4, 0.5) is 0 Å². The van der Waals surface area contributed by atoms with Crippen LogP contribution in [-0.2, 0) is 16.0 Å². The number of carbonyl (C=O) groups is 1. The Kier molecular flexibility index (Phi) is 6.30. The van der Waals surface area contributed by atoms with Gasteiger partial charge in [0, 0.05) is 0 Å². The van der Waals surface area contributed by atoms with Crippen molar-refractivity contribution in [3.63, 3.8) is 0 Å². The van der Waals surface area contributed by atoms with Crippen molar-refractivity contribution in [2.45, 2.75) is 38.7 Å². The minimum absolute atomic E-state index is 0.0112. The molecule has 0 bridgehead atoms. The number of rotatable bonds is 7. The first kappa shape index (κ1) is 15.4. The zero-order valence-corrected chi connectivity index (χ0v) is 11.6. The number of esters is 1. The van der Waals surface area contributed by atoms with E-state index in [0.29, 0.717) is 6.61 Å². The van der Waals surface area contributed by atoms with Crippen LogP contribution in [0.25, 0.3) is 0 Å². The third-order valence-electron chi connectivity index (χ3n) is 2.73. The van der Waals surface area contributed by atoms with E-state index >= 15 is 0 Å². The molecule has 1 N–H and O–H groups in total. The summed E-state index contributed by atoms with van der Waals surface area (Å²) in [6.45, 7) is 3.71. The summed E-state index contributed by atoms with van der Waals surface area (Å²) in [4.78, 5) is 11.3. The topological polar surface area (TPSA) is 46.5 Å². The minimum atomic E-state index is -1.14. The first-order valence-corrected chi connectivity index (χ1v) is 6.63. The highest BCUT2D eigenvalue weighted by Gasteiger charge is 2.21. The number of benzene rings is 1. The summed E-state index contributed by atoms with van der Waals surface area (Å²) < 4.78 is 4.82. The van der Waals surface area contributed by atoms with Gasteiger partial charge in [-0.25, -0.2) is 0 Å². The van der Waals surface area contributed by atoms with E-state index in [4.69, 9.17) is 4.74 Å². The Balaban J connectivity index is 2.36. The van der Waals surface area contributed by atoms with Crippen LogP contribution < -0.4 is 0 Å². The van der Waals surface area contributed by atoms with Crippen molar-refractivity contribution < 1.29 is 14.6 Å². The molecule has 0 aliphatic heterocycles. The van der Waals surface area contributed by atoms with Gasteiger partial charge < -0.3 is 9.84 Å². The van der Waals surface area contributed by atoms with Gasteiger partial charge in [-0.05, 0) is 32.3 Å². The van der Waals surface area contributed by atoms with E-state index in [1.54, 1.807) is 19.9 Å². The molecule has 0 saturated heterocycles. The molecule has 1 rings (SSSR count). The molecule has 0 aromatic heterocycles. The van der Waals surface area contributed by atoms with Crippen molar-refractivity contribution in [1.29, 1.82) is 0 Å². The van der Waals surface area contributed by atoms with E-state index in [-0.39, 0.29) is 12.4 Å². The van der Waals surface area contributed by atoms with Gasteiger partial charge in [-0.3, -0.25) is 4.79 Å². The number of aliphatic hydroxyl groups is 1. The summed E-state index contributed by atoms with van der Waals surface area (Å²) in [7, 11) is 0. The molecule has 0 radical (unpaired) electrons. The second-order valence-electron chi connectivity index (χ2n) is 4.77. The van der Waals surface area contributed by atoms with Crippen molar-refractivity contribution in [2.75, 3.05) is 6.61 Å². The van der Waals surface area contributed by atoms with Crippen LogP contribution >= 0.6 is 0 Å². The van der Waals surface area contributed by atoms with Gasteiger partial charge in [0.15, 0.2) is 0 Å². The minimum Gasteiger partial charge on any atom is -0.466 e. The maximum atomic E-state index is 11.3. The fraction of sp³-hybridized carbons (Fsp3) is 0.438. The van der Waals surface area contributed by atoms with Crippen LogP contribution in [0.1, 0.15) is 32.3 Å². The van der Waals surface area contributed by atoms with Gasteiger partial charge in [0.05, 0.1) is 18.6 Å². The van der Waals surface area contributed by atoms with Crippen LogP contribution in [-0.4, -0.2) is 23.3 Å². The molecule has 104 valence electrons. The second kappa shape index (κ2) is 7.74. The van der Waals surface area contributed by atoms with Crippen LogP contribution in [0, 0.1) is 0 Å². The molecule has 0 fully saturated rings. The largest absolute Gasteiger partial charge is 0.466 e. The molecular formula is C16H22O3. The predicted molar refractivity (Wildman–Crippen MR) is 75.8 cm³/mol. The molecular weight excluding hydrogens is 240 g/mol. The fourth-order valence-electron chi connectivity index (χ4n) is 1.80. The zero-order valence-electron chi connectivity index (χ0n) is 11.6. The molecule has 3 nitrogen and oxygen atoms in total. The molecule has 0 amide bonds. The first-order chi connectivity index (χ1) is 9.03. The molecule has 0 saturated carbocycles. The molecule has 1 aromatic rings. The highest BCUT2D eigenvalue weighted by atomic mass is 16.5. The number of hydrogen-bond acceptors (Lipinski definition) is 3. The Bertz CT molecular complexity index is 407. The molecule has 3 heteroatoms. The van der Waals surface area contributed by atoms with E-state index in [1.807, 2.05) is 24.3 Å². The monoisotopic (exact) mass is 262 g/mol. The van der Waals surface area contributed by atoms with Crippen LogP contribution in [0.2, 0.25) is 0 Å². The van der Waals surface area contributed by atoms with Crippen LogP contribution in [0.5, 0.6) is 0 Å². The van der Waals surface area contributed by atoms with Crippen molar-refractivity contribution in [1.82, 2.24) is 0 Å². The molecule has 0 heterocycles. The Morgan fingerprint density at radius 3 is 2.68 bits per heavy atom. The lowest BCUT2D eigenvalue weighted by molar-refractivity contribution is -0.146. The maximum Gasteiger partial charge on any atom is 0.309 e. The third-order valence-corrected chi connectivity index (χ3v) is 2.73. The second-order valence-corrected chi connectivity index (χ2v) is 4.77. The van der Waals surface area contributed by atoms with Gasteiger partial charge in [0.1, 0.15) is 0 Å². The van der Waals surface area contributed by atoms with Crippen LogP contribution in [0.15, 0.2) is 42.5 Å². The molecule has 0 spiro atoms. The van der Waals surface area contributed by atoms with E-state index in [9.17, 15) is 9.90 Å². The molecule has 1 unspecified atom stereocenters. The van der Waals surface area contributed by atoms with E-state index in [2.05, 4.69) is 12.1 Å². The average Bonchev–Trinajstić information content (AvgIpc) is 2.35. The highest BCUT2D eigenvalue weighted by molar-refractivity contribution is 5.71. The lowest BCUT2D eigenvalue weighted by Gasteiger charge is -2.17. The smallest absolute Gasteiger partial charge is 0.309 e. The van der Waals surface area contributed by atoms with Crippen molar-refractivity contribution in [3.8, 4) is 0 Å². The van der Waals surface area contributed by atoms with E-state index in [1.165, 1.54) is 5.56 Å². The van der Waals surface area contributed by atoms with Crippen LogP contribution in [0.3, 0.4) is 0 Å². The van der Waals surface area contributed by atoms with E-state index < -0.39 is 5.60 Å². The normalized spacial score (nSPS) is 14.3. The van der Waals surface area contributed by atoms with Gasteiger partial charge >= 0.3 is 5.97 Å². The van der Waals surface area contributed by atoms with Gasteiger partial charge in [-0.15, -0.1) is 0 Å². The Hall–Kier alpha value is -1.61. The number of carbonyl (C=O) groups excluding carboxylic acids is 1. The average molecular weight is 262 g/mol. The summed E-state index contributed by atoms with van der Waals surface area (Å²) in [5.74, 6) is -0.375. The number of ether oxygens (including phenoxy) is 1. The third kappa shape index (κ3) is 6.77. The van der Waals surface area contributed by atoms with Crippen molar-refractivity contribution in [2.24, 2.45) is 0 Å². The Morgan fingerprint density at radius 1 is 1.37 bits per heavy atom. The SMILES string of the molecule is CCOC(=O)CC(C)(O)/C=C/CCc1ccccc1. The molecule has 1 aromatic carbocycles. The molecule has 0 aliphatic rings. The van der Waals surface area contributed by atoms with Gasteiger partial charge in [0.25, 0.3) is 0 Å². The zero-order chi connectivity index (χ0) is 14.1. The maximum absolute atomic E-state index is 11.3. The lowest BCUT2D eigenvalue weighted by Crippen LogP contribution is -2.26. The summed E-state index contributed by atoms with van der Waals surface area (Å²) in [6, 6.07) is 10.2. The predicted octanol–water partition coefficient (Wildman–Crippen LogP) is 2.88. The van der Waals surface area contributed by atoms with Gasteiger partial charge in [0.2, 0.25) is 0 Å². The molecule has 1 atom stereocenters. The summed E-state index contributed by atoms with van der Waals surface area (Å²) >= 11 is 0. The van der Waals surface area contributed by atoms with Crippen molar-refractivity contribution >= 4 is 5.97 Å². The fourth-order valence-corrected chi connectivity index (χ4v) is 1.80. The molecule has 19 heavy (non-hydrogen) atoms. The number of hydrogen-bond donors (Lipinski definition) is 1. The van der Waals surface area contributed by atoms with Gasteiger partial charge in [-0.2, -0.15) is 0 Å². The first-order valence-electron chi connectivity index (χ1n) is 6.63. The van der Waals surface area contributed by atoms with E-state index in [0.717, 1.165) is 12.8 Å². The summed E-state index contributed by atoms with van der Waals surface area (Å²) in [5.41, 5.74) is 0.125. The Morgan fingerprint density at radius 2 is 2.05 bits per heavy atom. The summed E-state index contributed by atoms with van der Waals surface area (Å²) in [6.07, 6.45) is 5.33.